The van der Waals surface area contributed by atoms with Gasteiger partial charge in [-0.1, -0.05) is 26.0 Å². The van der Waals surface area contributed by atoms with Crippen LogP contribution in [0.4, 0.5) is 11.4 Å². The van der Waals surface area contributed by atoms with Crippen LogP contribution >= 0.6 is 0 Å². The Hall–Kier alpha value is -2.51. The van der Waals surface area contributed by atoms with Crippen molar-refractivity contribution in [3.63, 3.8) is 0 Å². The highest BCUT2D eigenvalue weighted by Gasteiger charge is 2.33. The molecule has 0 spiro atoms. The normalized spacial score (nSPS) is 30.2. The zero-order chi connectivity index (χ0) is 24.5. The maximum Gasteiger partial charge on any atom is 0.127 e. The number of aromatic nitrogens is 2. The van der Waals surface area contributed by atoms with E-state index in [0.717, 1.165) is 73.9 Å². The number of fused-ring (bicyclic) bond motifs is 2. The molecule has 4 unspecified atom stereocenters. The van der Waals surface area contributed by atoms with Crippen molar-refractivity contribution in [2.45, 2.75) is 83.3 Å². The van der Waals surface area contributed by atoms with Crippen molar-refractivity contribution in [2.24, 2.45) is 15.9 Å². The molecule has 192 valence electrons. The van der Waals surface area contributed by atoms with Crippen LogP contribution in [-0.2, 0) is 11.2 Å². The lowest BCUT2D eigenvalue weighted by molar-refractivity contribution is 0.0825. The number of likely N-dealkylation sites (tertiary alicyclic amines) is 1. The predicted molar refractivity (Wildman–Crippen MR) is 146 cm³/mol. The maximum absolute atomic E-state index is 5.80. The number of ether oxygens (including phenoxy) is 1. The highest BCUT2D eigenvalue weighted by molar-refractivity contribution is 6.08. The summed E-state index contributed by atoms with van der Waals surface area (Å²) >= 11 is 0. The first kappa shape index (κ1) is 23.9. The van der Waals surface area contributed by atoms with E-state index in [1.807, 2.05) is 0 Å². The fourth-order valence-corrected chi connectivity index (χ4v) is 6.38. The summed E-state index contributed by atoms with van der Waals surface area (Å²) < 4.78 is 7.99. The third-order valence-corrected chi connectivity index (χ3v) is 8.48. The summed E-state index contributed by atoms with van der Waals surface area (Å²) in [5.74, 6) is 1.75. The first-order valence-electron chi connectivity index (χ1n) is 14.1. The third-order valence-electron chi connectivity index (χ3n) is 8.48. The molecule has 4 aliphatic rings. The smallest absolute Gasteiger partial charge is 0.127 e. The van der Waals surface area contributed by atoms with Gasteiger partial charge in [0.15, 0.2) is 0 Å². The molecule has 0 amide bonds. The highest BCUT2D eigenvalue weighted by atomic mass is 16.5. The highest BCUT2D eigenvalue weighted by Crippen LogP contribution is 2.33. The van der Waals surface area contributed by atoms with Crippen LogP contribution in [0, 0.1) is 5.92 Å². The van der Waals surface area contributed by atoms with Gasteiger partial charge in [-0.15, -0.1) is 0 Å². The number of para-hydroxylation sites is 2. The number of nitrogens with one attached hydrogen (secondary N) is 1. The summed E-state index contributed by atoms with van der Waals surface area (Å²) in [6.45, 7) is 8.67. The van der Waals surface area contributed by atoms with E-state index in [0.29, 0.717) is 12.0 Å². The predicted octanol–water partition coefficient (Wildman–Crippen LogP) is 5.07. The molecule has 6 rings (SSSR count). The van der Waals surface area contributed by atoms with Gasteiger partial charge in [0.2, 0.25) is 0 Å². The lowest BCUT2D eigenvalue weighted by atomic mass is 9.90. The van der Waals surface area contributed by atoms with Crippen molar-refractivity contribution in [3.8, 4) is 0 Å². The van der Waals surface area contributed by atoms with Crippen molar-refractivity contribution in [3.05, 3.63) is 41.7 Å². The van der Waals surface area contributed by atoms with Crippen LogP contribution in [0.5, 0.6) is 0 Å². The quantitative estimate of drug-likeness (QED) is 0.653. The van der Waals surface area contributed by atoms with E-state index >= 15 is 0 Å². The second-order valence-electron chi connectivity index (χ2n) is 11.0. The molecule has 1 N–H and O–H groups in total. The van der Waals surface area contributed by atoms with Crippen LogP contribution in [0.1, 0.15) is 70.2 Å². The van der Waals surface area contributed by atoms with Gasteiger partial charge >= 0.3 is 0 Å². The molecule has 0 aliphatic carbocycles. The van der Waals surface area contributed by atoms with Crippen LogP contribution in [-0.4, -0.2) is 70.7 Å². The fourth-order valence-electron chi connectivity index (χ4n) is 6.38. The van der Waals surface area contributed by atoms with Crippen molar-refractivity contribution >= 4 is 22.9 Å². The number of benzene rings is 1. The molecule has 2 saturated heterocycles. The fraction of sp³-hybridized carbons (Fsp3) is 0.621. The monoisotopic (exact) mass is 488 g/mol. The van der Waals surface area contributed by atoms with Gasteiger partial charge in [0.25, 0.3) is 0 Å². The first-order valence-corrected chi connectivity index (χ1v) is 14.1. The van der Waals surface area contributed by atoms with Crippen LogP contribution in [0.2, 0.25) is 0 Å². The second kappa shape index (κ2) is 10.5. The number of rotatable bonds is 4. The van der Waals surface area contributed by atoms with E-state index in [1.54, 1.807) is 0 Å². The Morgan fingerprint density at radius 1 is 1.14 bits per heavy atom. The Morgan fingerprint density at radius 2 is 2.00 bits per heavy atom. The van der Waals surface area contributed by atoms with Crippen molar-refractivity contribution in [1.82, 2.24) is 14.7 Å². The summed E-state index contributed by atoms with van der Waals surface area (Å²) in [4.78, 5) is 13.2. The molecule has 4 atom stereocenters. The second-order valence-corrected chi connectivity index (χ2v) is 11.0. The number of nitrogens with zero attached hydrogens (tertiary/aromatic N) is 5. The van der Waals surface area contributed by atoms with Crippen LogP contribution in [0.25, 0.3) is 0 Å². The van der Waals surface area contributed by atoms with Crippen LogP contribution < -0.4 is 5.32 Å². The zero-order valence-corrected chi connectivity index (χ0v) is 21.8. The standard InChI is InChI=1S/C29H40N6O/c1-3-23-29(32-25-11-5-4-10-24(25)31-23)26-17-22-13-12-20(2)27(34-14-6-7-15-34)18-28(35(22)33-26)30-21-9-8-16-36-19-21/h4-5,10-11,17,20-21,23,27,31H,3,6-9,12-16,18-19H2,1-2H3. The SMILES string of the molecule is CCC1Nc2ccccc2N=C1c1cc2n(n1)C(=NC1CCCOC1)CC(N1CCCC1)C(C)CC2. The van der Waals surface area contributed by atoms with Gasteiger partial charge in [-0.2, -0.15) is 5.10 Å². The molecule has 36 heavy (non-hydrogen) atoms. The van der Waals surface area contributed by atoms with Gasteiger partial charge in [-0.05, 0) is 82.2 Å². The van der Waals surface area contributed by atoms with E-state index < -0.39 is 0 Å². The van der Waals surface area contributed by atoms with Crippen molar-refractivity contribution in [1.29, 1.82) is 0 Å². The molecular formula is C29H40N6O. The first-order chi connectivity index (χ1) is 17.7. The van der Waals surface area contributed by atoms with E-state index in [2.05, 4.69) is 59.1 Å². The van der Waals surface area contributed by atoms with Gasteiger partial charge in [-0.25, -0.2) is 9.67 Å². The zero-order valence-electron chi connectivity index (χ0n) is 21.8. The average molecular weight is 489 g/mol. The lowest BCUT2D eigenvalue weighted by Crippen LogP contribution is -2.42. The molecule has 0 radical (unpaired) electrons. The molecule has 1 aromatic heterocycles. The molecule has 2 aromatic rings. The molecule has 0 bridgehead atoms. The molecule has 0 saturated carbocycles. The molecule has 4 aliphatic heterocycles. The summed E-state index contributed by atoms with van der Waals surface area (Å²) in [5, 5.41) is 8.93. The van der Waals surface area contributed by atoms with Crippen molar-refractivity contribution < 1.29 is 4.74 Å². The minimum atomic E-state index is 0.157. The largest absolute Gasteiger partial charge is 0.379 e. The Balaban J connectivity index is 1.40. The average Bonchev–Trinajstić information content (AvgIpc) is 3.59. The summed E-state index contributed by atoms with van der Waals surface area (Å²) in [6, 6.07) is 11.5. The molecule has 5 heterocycles. The Labute approximate surface area is 215 Å². The van der Waals surface area contributed by atoms with E-state index in [4.69, 9.17) is 19.8 Å². The third kappa shape index (κ3) is 4.75. The minimum Gasteiger partial charge on any atom is -0.379 e. The topological polar surface area (TPSA) is 67.0 Å². The molecule has 2 fully saturated rings. The van der Waals surface area contributed by atoms with E-state index in [1.165, 1.54) is 38.0 Å². The summed E-state index contributed by atoms with van der Waals surface area (Å²) in [6.07, 6.45) is 8.93. The number of hydrogen-bond acceptors (Lipinski definition) is 6. The van der Waals surface area contributed by atoms with Gasteiger partial charge in [0.1, 0.15) is 11.5 Å². The van der Waals surface area contributed by atoms with Gasteiger partial charge < -0.3 is 10.1 Å². The maximum atomic E-state index is 5.80. The summed E-state index contributed by atoms with van der Waals surface area (Å²) in [7, 11) is 0. The molecule has 1 aromatic carbocycles. The van der Waals surface area contributed by atoms with E-state index in [-0.39, 0.29) is 12.1 Å². The number of aliphatic imine (C=N–C) groups is 2. The van der Waals surface area contributed by atoms with Gasteiger partial charge in [-0.3, -0.25) is 9.89 Å². The minimum absolute atomic E-state index is 0.157. The molecular weight excluding hydrogens is 448 g/mol. The van der Waals surface area contributed by atoms with Crippen LogP contribution in [0.3, 0.4) is 0 Å². The number of anilines is 1. The molecule has 7 heteroatoms. The van der Waals surface area contributed by atoms with Crippen molar-refractivity contribution in [2.75, 3.05) is 31.6 Å². The van der Waals surface area contributed by atoms with Gasteiger partial charge in [0, 0.05) is 24.8 Å². The Morgan fingerprint density at radius 3 is 2.81 bits per heavy atom. The molecule has 7 nitrogen and oxygen atoms in total. The van der Waals surface area contributed by atoms with Gasteiger partial charge in [0.05, 0.1) is 35.8 Å². The Kier molecular flexibility index (Phi) is 6.94. The number of aryl methyl sites for hydroxylation is 1. The number of hydrogen-bond donors (Lipinski definition) is 1. The summed E-state index contributed by atoms with van der Waals surface area (Å²) in [5.41, 5.74) is 5.39. The lowest BCUT2D eigenvalue weighted by Gasteiger charge is -2.35. The van der Waals surface area contributed by atoms with E-state index in [9.17, 15) is 0 Å². The van der Waals surface area contributed by atoms with Crippen LogP contribution in [0.15, 0.2) is 40.3 Å². The Bertz CT molecular complexity index is 1120.